The van der Waals surface area contributed by atoms with Gasteiger partial charge in [0.25, 0.3) is 0 Å². The third kappa shape index (κ3) is 3.46. The fourth-order valence-corrected chi connectivity index (χ4v) is 3.02. The third-order valence-electron chi connectivity index (χ3n) is 4.52. The smallest absolute Gasteiger partial charge is 0.225 e. The van der Waals surface area contributed by atoms with Crippen LogP contribution in [0.1, 0.15) is 44.3 Å². The van der Waals surface area contributed by atoms with Gasteiger partial charge >= 0.3 is 0 Å². The number of nitrogens with one attached hydrogen (secondary N) is 1. The fraction of sp³-hybridized carbons (Fsp3) is 0.588. The van der Waals surface area contributed by atoms with E-state index in [0.29, 0.717) is 6.54 Å². The summed E-state index contributed by atoms with van der Waals surface area (Å²) in [6.07, 6.45) is 5.53. The minimum Gasteiger partial charge on any atom is -0.348 e. The van der Waals surface area contributed by atoms with E-state index in [2.05, 4.69) is 10.3 Å². The molecular weight excluding hydrogens is 278 g/mol. The minimum absolute atomic E-state index is 0.0338. The molecule has 3 rings (SSSR count). The molecule has 2 aliphatic rings. The predicted octanol–water partition coefficient (Wildman–Crippen LogP) is 1.91. The van der Waals surface area contributed by atoms with Gasteiger partial charge in [-0.2, -0.15) is 0 Å². The maximum absolute atomic E-state index is 12.5. The second-order valence-corrected chi connectivity index (χ2v) is 6.38. The van der Waals surface area contributed by atoms with Crippen LogP contribution in [0.2, 0.25) is 0 Å². The van der Waals surface area contributed by atoms with Crippen molar-refractivity contribution in [1.29, 1.82) is 0 Å². The van der Waals surface area contributed by atoms with Gasteiger partial charge in [0.1, 0.15) is 0 Å². The SMILES string of the molecule is C[C@H](NC(=O)[C@H]1CCCN(C(=O)C2CC2)C1)c1ccccn1. The van der Waals surface area contributed by atoms with Crippen LogP contribution >= 0.6 is 0 Å². The van der Waals surface area contributed by atoms with E-state index in [1.165, 1.54) is 0 Å². The van der Waals surface area contributed by atoms with Gasteiger partial charge in [0.05, 0.1) is 17.7 Å². The van der Waals surface area contributed by atoms with Crippen molar-refractivity contribution >= 4 is 11.8 Å². The van der Waals surface area contributed by atoms with E-state index in [9.17, 15) is 9.59 Å². The van der Waals surface area contributed by atoms with E-state index in [0.717, 1.165) is 37.9 Å². The highest BCUT2D eigenvalue weighted by molar-refractivity contribution is 5.83. The average Bonchev–Trinajstić information content (AvgIpc) is 3.40. The van der Waals surface area contributed by atoms with Gasteiger partial charge in [0.15, 0.2) is 0 Å². The van der Waals surface area contributed by atoms with Gasteiger partial charge in [0.2, 0.25) is 11.8 Å². The Morgan fingerprint density at radius 2 is 2.09 bits per heavy atom. The zero-order valence-corrected chi connectivity index (χ0v) is 13.0. The lowest BCUT2D eigenvalue weighted by atomic mass is 9.96. The fourth-order valence-electron chi connectivity index (χ4n) is 3.02. The van der Waals surface area contributed by atoms with Crippen LogP contribution < -0.4 is 5.32 Å². The van der Waals surface area contributed by atoms with Gasteiger partial charge in [-0.3, -0.25) is 14.6 Å². The number of hydrogen-bond donors (Lipinski definition) is 1. The number of piperidine rings is 1. The summed E-state index contributed by atoms with van der Waals surface area (Å²) in [7, 11) is 0. The molecule has 0 unspecified atom stereocenters. The Morgan fingerprint density at radius 3 is 2.77 bits per heavy atom. The Balaban J connectivity index is 1.56. The summed E-state index contributed by atoms with van der Waals surface area (Å²) in [5.74, 6) is 0.415. The third-order valence-corrected chi connectivity index (χ3v) is 4.52. The average molecular weight is 301 g/mol. The van der Waals surface area contributed by atoms with E-state index >= 15 is 0 Å². The molecule has 1 aromatic heterocycles. The zero-order valence-electron chi connectivity index (χ0n) is 13.0. The van der Waals surface area contributed by atoms with Gasteiger partial charge in [0, 0.05) is 25.2 Å². The second-order valence-electron chi connectivity index (χ2n) is 6.38. The molecule has 1 N–H and O–H groups in total. The van der Waals surface area contributed by atoms with Crippen LogP contribution in [-0.4, -0.2) is 34.8 Å². The van der Waals surface area contributed by atoms with Gasteiger partial charge in [-0.15, -0.1) is 0 Å². The number of likely N-dealkylation sites (tertiary alicyclic amines) is 1. The molecule has 1 saturated heterocycles. The summed E-state index contributed by atoms with van der Waals surface area (Å²) in [6, 6.07) is 5.58. The molecule has 0 bridgehead atoms. The Kier molecular flexibility index (Phi) is 4.41. The highest BCUT2D eigenvalue weighted by Gasteiger charge is 2.36. The lowest BCUT2D eigenvalue weighted by molar-refractivity contribution is -0.137. The van der Waals surface area contributed by atoms with Crippen molar-refractivity contribution in [2.75, 3.05) is 13.1 Å². The topological polar surface area (TPSA) is 62.3 Å². The van der Waals surface area contributed by atoms with Crippen LogP contribution in [0, 0.1) is 11.8 Å². The van der Waals surface area contributed by atoms with Crippen molar-refractivity contribution in [2.24, 2.45) is 11.8 Å². The molecule has 5 nitrogen and oxygen atoms in total. The number of amides is 2. The van der Waals surface area contributed by atoms with Crippen molar-refractivity contribution in [3.63, 3.8) is 0 Å². The maximum atomic E-state index is 12.5. The molecule has 1 aliphatic heterocycles. The lowest BCUT2D eigenvalue weighted by Crippen LogP contribution is -2.46. The number of aromatic nitrogens is 1. The minimum atomic E-state index is -0.108. The summed E-state index contributed by atoms with van der Waals surface area (Å²) in [5.41, 5.74) is 0.859. The number of rotatable bonds is 4. The largest absolute Gasteiger partial charge is 0.348 e. The van der Waals surface area contributed by atoms with Crippen LogP contribution in [0.15, 0.2) is 24.4 Å². The number of nitrogens with zero attached hydrogens (tertiary/aromatic N) is 2. The van der Waals surface area contributed by atoms with Crippen LogP contribution in [-0.2, 0) is 9.59 Å². The number of hydrogen-bond acceptors (Lipinski definition) is 3. The standard InChI is InChI=1S/C17H23N3O2/c1-12(15-6-2-3-9-18-15)19-16(21)14-5-4-10-20(11-14)17(22)13-7-8-13/h2-3,6,9,12-14H,4-5,7-8,10-11H2,1H3,(H,19,21)/t12-,14-/m0/s1. The van der Waals surface area contributed by atoms with Crippen LogP contribution in [0.5, 0.6) is 0 Å². The highest BCUT2D eigenvalue weighted by atomic mass is 16.2. The maximum Gasteiger partial charge on any atom is 0.225 e. The molecule has 0 aromatic carbocycles. The number of carbonyl (C=O) groups excluding carboxylic acids is 2. The highest BCUT2D eigenvalue weighted by Crippen LogP contribution is 2.32. The molecule has 1 aromatic rings. The van der Waals surface area contributed by atoms with Crippen LogP contribution in [0.3, 0.4) is 0 Å². The quantitative estimate of drug-likeness (QED) is 0.924. The van der Waals surface area contributed by atoms with E-state index in [1.807, 2.05) is 30.0 Å². The first kappa shape index (κ1) is 15.0. The molecule has 2 fully saturated rings. The number of carbonyl (C=O) groups is 2. The molecule has 2 heterocycles. The molecule has 1 saturated carbocycles. The molecular formula is C17H23N3O2. The normalized spacial score (nSPS) is 23.0. The van der Waals surface area contributed by atoms with Gasteiger partial charge < -0.3 is 10.2 Å². The van der Waals surface area contributed by atoms with E-state index in [-0.39, 0.29) is 29.7 Å². The summed E-state index contributed by atoms with van der Waals surface area (Å²) in [4.78, 5) is 30.8. The summed E-state index contributed by atoms with van der Waals surface area (Å²) < 4.78 is 0. The van der Waals surface area contributed by atoms with E-state index < -0.39 is 0 Å². The summed E-state index contributed by atoms with van der Waals surface area (Å²) in [6.45, 7) is 3.31. The van der Waals surface area contributed by atoms with Gasteiger partial charge in [-0.05, 0) is 44.7 Å². The Labute approximate surface area is 131 Å². The summed E-state index contributed by atoms with van der Waals surface area (Å²) in [5, 5.41) is 3.03. The molecule has 2 amide bonds. The first-order valence-corrected chi connectivity index (χ1v) is 8.15. The van der Waals surface area contributed by atoms with Crippen LogP contribution in [0.25, 0.3) is 0 Å². The van der Waals surface area contributed by atoms with E-state index in [1.54, 1.807) is 6.20 Å². The molecule has 1 aliphatic carbocycles. The Morgan fingerprint density at radius 1 is 1.27 bits per heavy atom. The van der Waals surface area contributed by atoms with Crippen molar-refractivity contribution in [3.8, 4) is 0 Å². The van der Waals surface area contributed by atoms with Crippen molar-refractivity contribution in [3.05, 3.63) is 30.1 Å². The first-order chi connectivity index (χ1) is 10.6. The van der Waals surface area contributed by atoms with Crippen molar-refractivity contribution in [2.45, 2.75) is 38.6 Å². The molecule has 0 spiro atoms. The first-order valence-electron chi connectivity index (χ1n) is 8.15. The lowest BCUT2D eigenvalue weighted by Gasteiger charge is -2.32. The molecule has 118 valence electrons. The van der Waals surface area contributed by atoms with Gasteiger partial charge in [-0.1, -0.05) is 6.07 Å². The van der Waals surface area contributed by atoms with Crippen molar-refractivity contribution < 1.29 is 9.59 Å². The molecule has 5 heteroatoms. The van der Waals surface area contributed by atoms with E-state index in [4.69, 9.17) is 0 Å². The second kappa shape index (κ2) is 6.46. The molecule has 0 radical (unpaired) electrons. The predicted molar refractivity (Wildman–Crippen MR) is 82.8 cm³/mol. The molecule has 22 heavy (non-hydrogen) atoms. The Hall–Kier alpha value is -1.91. The van der Waals surface area contributed by atoms with Gasteiger partial charge in [-0.25, -0.2) is 0 Å². The number of pyridine rings is 1. The summed E-state index contributed by atoms with van der Waals surface area (Å²) >= 11 is 0. The zero-order chi connectivity index (χ0) is 15.5. The monoisotopic (exact) mass is 301 g/mol. The molecule has 2 atom stereocenters. The van der Waals surface area contributed by atoms with Crippen molar-refractivity contribution in [1.82, 2.24) is 15.2 Å². The van der Waals surface area contributed by atoms with Crippen LogP contribution in [0.4, 0.5) is 0 Å². The Bertz CT molecular complexity index is 542.